The number of benzene rings is 1. The van der Waals surface area contributed by atoms with Crippen LogP contribution in [-0.4, -0.2) is 38.3 Å². The van der Waals surface area contributed by atoms with Crippen LogP contribution in [0.5, 0.6) is 11.5 Å². The first-order valence-electron chi connectivity index (χ1n) is 7.47. The molecule has 1 aliphatic rings. The van der Waals surface area contributed by atoms with E-state index in [0.29, 0.717) is 11.4 Å². The van der Waals surface area contributed by atoms with Crippen LogP contribution in [0.15, 0.2) is 18.2 Å². The fourth-order valence-corrected chi connectivity index (χ4v) is 2.75. The van der Waals surface area contributed by atoms with Crippen LogP contribution in [0.1, 0.15) is 26.2 Å². The molecule has 0 bridgehead atoms. The van der Waals surface area contributed by atoms with Crippen molar-refractivity contribution in [3.05, 3.63) is 18.2 Å². The molecule has 1 aliphatic heterocycles. The lowest BCUT2D eigenvalue weighted by atomic mass is 10.0. The number of hydrogen-bond acceptors (Lipinski definition) is 4. The Balaban J connectivity index is 1.70. The van der Waals surface area contributed by atoms with Crippen LogP contribution >= 0.6 is 0 Å². The van der Waals surface area contributed by atoms with Crippen molar-refractivity contribution in [1.29, 1.82) is 0 Å². The summed E-state index contributed by atoms with van der Waals surface area (Å²) >= 11 is 0. The minimum absolute atomic E-state index is 0.641. The van der Waals surface area contributed by atoms with E-state index in [-0.39, 0.29) is 0 Å². The van der Waals surface area contributed by atoms with Crippen molar-refractivity contribution in [2.75, 3.05) is 39.1 Å². The third kappa shape index (κ3) is 4.30. The van der Waals surface area contributed by atoms with Gasteiger partial charge in [-0.1, -0.05) is 6.92 Å². The van der Waals surface area contributed by atoms with Crippen molar-refractivity contribution in [1.82, 2.24) is 4.90 Å². The van der Waals surface area contributed by atoms with Crippen molar-refractivity contribution in [2.24, 2.45) is 5.92 Å². The Labute approximate surface area is 121 Å². The number of nitrogen functional groups attached to an aromatic ring is 1. The van der Waals surface area contributed by atoms with Crippen molar-refractivity contribution in [3.8, 4) is 11.5 Å². The average molecular weight is 278 g/mol. The summed E-state index contributed by atoms with van der Waals surface area (Å²) in [6, 6.07) is 5.56. The molecule has 1 unspecified atom stereocenters. The van der Waals surface area contributed by atoms with Crippen LogP contribution in [0.2, 0.25) is 0 Å². The second-order valence-corrected chi connectivity index (χ2v) is 5.65. The Bertz CT molecular complexity index is 423. The molecular weight excluding hydrogens is 252 g/mol. The fourth-order valence-electron chi connectivity index (χ4n) is 2.75. The van der Waals surface area contributed by atoms with E-state index in [9.17, 15) is 0 Å². The summed E-state index contributed by atoms with van der Waals surface area (Å²) in [6.07, 6.45) is 3.76. The summed E-state index contributed by atoms with van der Waals surface area (Å²) in [5, 5.41) is 0. The molecule has 4 heteroatoms. The zero-order chi connectivity index (χ0) is 14.4. The summed E-state index contributed by atoms with van der Waals surface area (Å²) in [6.45, 7) is 6.66. The molecule has 1 heterocycles. The number of anilines is 1. The van der Waals surface area contributed by atoms with Gasteiger partial charge in [-0.05, 0) is 43.9 Å². The minimum Gasteiger partial charge on any atom is -0.494 e. The summed E-state index contributed by atoms with van der Waals surface area (Å²) in [5.74, 6) is 2.33. The van der Waals surface area contributed by atoms with Gasteiger partial charge >= 0.3 is 0 Å². The lowest BCUT2D eigenvalue weighted by Crippen LogP contribution is -2.35. The Morgan fingerprint density at radius 2 is 2.25 bits per heavy atom. The van der Waals surface area contributed by atoms with Gasteiger partial charge in [-0.15, -0.1) is 0 Å². The van der Waals surface area contributed by atoms with Crippen LogP contribution < -0.4 is 15.2 Å². The first kappa shape index (κ1) is 15.0. The first-order valence-corrected chi connectivity index (χ1v) is 7.47. The predicted molar refractivity (Wildman–Crippen MR) is 82.4 cm³/mol. The number of likely N-dealkylation sites (tertiary alicyclic amines) is 1. The largest absolute Gasteiger partial charge is 0.494 e. The van der Waals surface area contributed by atoms with Crippen LogP contribution in [0.3, 0.4) is 0 Å². The molecule has 1 atom stereocenters. The van der Waals surface area contributed by atoms with Gasteiger partial charge in [0.1, 0.15) is 11.5 Å². The summed E-state index contributed by atoms with van der Waals surface area (Å²) in [5.41, 5.74) is 6.42. The summed E-state index contributed by atoms with van der Waals surface area (Å²) in [4.78, 5) is 2.54. The molecule has 2 rings (SSSR count). The number of nitrogens with zero attached hydrogens (tertiary/aromatic N) is 1. The van der Waals surface area contributed by atoms with Gasteiger partial charge in [0.25, 0.3) is 0 Å². The van der Waals surface area contributed by atoms with E-state index in [4.69, 9.17) is 15.2 Å². The Kier molecular flexibility index (Phi) is 5.53. The monoisotopic (exact) mass is 278 g/mol. The maximum absolute atomic E-state index is 5.78. The number of piperidine rings is 1. The van der Waals surface area contributed by atoms with E-state index < -0.39 is 0 Å². The quantitative estimate of drug-likeness (QED) is 0.642. The van der Waals surface area contributed by atoms with E-state index >= 15 is 0 Å². The SMILES string of the molecule is COc1cc(OCCCN2CCCC(C)C2)ccc1N. The maximum Gasteiger partial charge on any atom is 0.145 e. The van der Waals surface area contributed by atoms with Gasteiger partial charge in [-0.25, -0.2) is 0 Å². The first-order chi connectivity index (χ1) is 9.69. The normalized spacial score (nSPS) is 19.8. The van der Waals surface area contributed by atoms with E-state index in [1.165, 1.54) is 25.9 Å². The molecule has 0 aromatic heterocycles. The van der Waals surface area contributed by atoms with E-state index in [1.54, 1.807) is 7.11 Å². The number of ether oxygens (including phenoxy) is 2. The molecule has 0 radical (unpaired) electrons. The predicted octanol–water partition coefficient (Wildman–Crippen LogP) is 2.78. The van der Waals surface area contributed by atoms with Gasteiger partial charge in [0.05, 0.1) is 19.4 Å². The van der Waals surface area contributed by atoms with Crippen LogP contribution in [-0.2, 0) is 0 Å². The highest BCUT2D eigenvalue weighted by Crippen LogP contribution is 2.26. The van der Waals surface area contributed by atoms with Crippen LogP contribution in [0, 0.1) is 5.92 Å². The number of hydrogen-bond donors (Lipinski definition) is 1. The molecule has 0 spiro atoms. The maximum atomic E-state index is 5.78. The Morgan fingerprint density at radius 3 is 3.00 bits per heavy atom. The van der Waals surface area contributed by atoms with Crippen molar-refractivity contribution >= 4 is 5.69 Å². The second kappa shape index (κ2) is 7.39. The Morgan fingerprint density at radius 1 is 1.40 bits per heavy atom. The molecule has 0 amide bonds. The summed E-state index contributed by atoms with van der Waals surface area (Å²) in [7, 11) is 1.62. The molecule has 1 aromatic carbocycles. The smallest absolute Gasteiger partial charge is 0.145 e. The molecular formula is C16H26N2O2. The average Bonchev–Trinajstić information content (AvgIpc) is 2.45. The van der Waals surface area contributed by atoms with Gasteiger partial charge < -0.3 is 20.1 Å². The second-order valence-electron chi connectivity index (χ2n) is 5.65. The van der Waals surface area contributed by atoms with Crippen LogP contribution in [0.25, 0.3) is 0 Å². The number of rotatable bonds is 6. The van der Waals surface area contributed by atoms with Crippen molar-refractivity contribution in [2.45, 2.75) is 26.2 Å². The van der Waals surface area contributed by atoms with Gasteiger partial charge in [-0.3, -0.25) is 0 Å². The zero-order valence-electron chi connectivity index (χ0n) is 12.6. The zero-order valence-corrected chi connectivity index (χ0v) is 12.6. The van der Waals surface area contributed by atoms with E-state index in [2.05, 4.69) is 11.8 Å². The van der Waals surface area contributed by atoms with Gasteiger partial charge in [0.15, 0.2) is 0 Å². The topological polar surface area (TPSA) is 47.7 Å². The highest BCUT2D eigenvalue weighted by molar-refractivity contribution is 5.55. The third-order valence-corrected chi connectivity index (χ3v) is 3.83. The van der Waals surface area contributed by atoms with Gasteiger partial charge in [0, 0.05) is 19.2 Å². The van der Waals surface area contributed by atoms with Gasteiger partial charge in [0.2, 0.25) is 0 Å². The molecule has 20 heavy (non-hydrogen) atoms. The van der Waals surface area contributed by atoms with Gasteiger partial charge in [-0.2, -0.15) is 0 Å². The molecule has 0 aliphatic carbocycles. The minimum atomic E-state index is 0.641. The fraction of sp³-hybridized carbons (Fsp3) is 0.625. The molecule has 0 saturated carbocycles. The molecule has 4 nitrogen and oxygen atoms in total. The van der Waals surface area contributed by atoms with Crippen LogP contribution in [0.4, 0.5) is 5.69 Å². The van der Waals surface area contributed by atoms with E-state index in [1.807, 2.05) is 18.2 Å². The highest BCUT2D eigenvalue weighted by Gasteiger charge is 2.15. The molecule has 2 N–H and O–H groups in total. The molecule has 112 valence electrons. The number of methoxy groups -OCH3 is 1. The third-order valence-electron chi connectivity index (χ3n) is 3.83. The molecule has 1 fully saturated rings. The summed E-state index contributed by atoms with van der Waals surface area (Å²) < 4.78 is 10.9. The molecule has 1 aromatic rings. The lowest BCUT2D eigenvalue weighted by Gasteiger charge is -2.30. The lowest BCUT2D eigenvalue weighted by molar-refractivity contribution is 0.170. The van der Waals surface area contributed by atoms with Crippen molar-refractivity contribution < 1.29 is 9.47 Å². The standard InChI is InChI=1S/C16H26N2O2/c1-13-5-3-8-18(12-13)9-4-10-20-14-6-7-15(17)16(11-14)19-2/h6-7,11,13H,3-5,8-10,12,17H2,1-2H3. The highest BCUT2D eigenvalue weighted by atomic mass is 16.5. The Hall–Kier alpha value is -1.42. The molecule has 1 saturated heterocycles. The van der Waals surface area contributed by atoms with Crippen molar-refractivity contribution in [3.63, 3.8) is 0 Å². The number of nitrogens with two attached hydrogens (primary N) is 1. The van der Waals surface area contributed by atoms with E-state index in [0.717, 1.165) is 31.2 Å².